The van der Waals surface area contributed by atoms with Crippen molar-refractivity contribution >= 4 is 17.7 Å². The number of rotatable bonds is 7. The first kappa shape index (κ1) is 27.2. The molecule has 0 radical (unpaired) electrons. The molecule has 1 aliphatic heterocycles. The number of nitrogens with one attached hydrogen (secondary N) is 2. The van der Waals surface area contributed by atoms with Gasteiger partial charge in [-0.15, -0.1) is 0 Å². The number of nitrogens with zero attached hydrogens (tertiary/aromatic N) is 1. The molecule has 0 saturated carbocycles. The predicted octanol–water partition coefficient (Wildman–Crippen LogP) is 4.41. The number of hydrogen-bond acceptors (Lipinski definition) is 3. The van der Waals surface area contributed by atoms with E-state index in [0.717, 1.165) is 36.4 Å². The highest BCUT2D eigenvalue weighted by atomic mass is 19.4. The van der Waals surface area contributed by atoms with Crippen LogP contribution in [-0.2, 0) is 11.0 Å². The largest absolute Gasteiger partial charge is 0.416 e. The second-order valence-corrected chi connectivity index (χ2v) is 8.98. The van der Waals surface area contributed by atoms with E-state index < -0.39 is 35.4 Å². The van der Waals surface area contributed by atoms with Crippen molar-refractivity contribution in [1.29, 1.82) is 0 Å². The molecule has 0 unspecified atom stereocenters. The van der Waals surface area contributed by atoms with Crippen LogP contribution in [-0.4, -0.2) is 47.8 Å². The fourth-order valence-electron chi connectivity index (χ4n) is 4.08. The number of halogens is 4. The molecule has 2 aromatic rings. The van der Waals surface area contributed by atoms with Crippen LogP contribution in [0.5, 0.6) is 0 Å². The monoisotopic (exact) mass is 507 g/mol. The van der Waals surface area contributed by atoms with Gasteiger partial charge in [-0.2, -0.15) is 13.2 Å². The number of carbonyl (C=O) groups is 3. The minimum Gasteiger partial charge on any atom is -0.352 e. The molecule has 1 heterocycles. The third kappa shape index (κ3) is 6.83. The number of amides is 3. The van der Waals surface area contributed by atoms with Gasteiger partial charge in [0.25, 0.3) is 11.8 Å². The normalized spacial score (nSPS) is 16.2. The first-order valence-corrected chi connectivity index (χ1v) is 11.8. The van der Waals surface area contributed by atoms with Gasteiger partial charge in [-0.25, -0.2) is 4.39 Å². The van der Waals surface area contributed by atoms with Crippen molar-refractivity contribution in [1.82, 2.24) is 15.5 Å². The summed E-state index contributed by atoms with van der Waals surface area (Å²) < 4.78 is 51.6. The summed E-state index contributed by atoms with van der Waals surface area (Å²) in [6, 6.07) is 8.08. The van der Waals surface area contributed by atoms with Gasteiger partial charge < -0.3 is 15.5 Å². The highest BCUT2D eigenvalue weighted by Gasteiger charge is 2.35. The molecule has 0 spiro atoms. The first-order valence-electron chi connectivity index (χ1n) is 11.8. The molecule has 2 atom stereocenters. The zero-order chi connectivity index (χ0) is 26.5. The van der Waals surface area contributed by atoms with Gasteiger partial charge in [0.05, 0.1) is 5.56 Å². The minimum absolute atomic E-state index is 0.107. The summed E-state index contributed by atoms with van der Waals surface area (Å²) >= 11 is 0. The van der Waals surface area contributed by atoms with Crippen LogP contribution in [0.15, 0.2) is 48.5 Å². The quantitative estimate of drug-likeness (QED) is 0.545. The van der Waals surface area contributed by atoms with E-state index in [1.165, 1.54) is 17.0 Å². The molecule has 2 N–H and O–H groups in total. The zero-order valence-electron chi connectivity index (χ0n) is 20.1. The van der Waals surface area contributed by atoms with E-state index in [-0.39, 0.29) is 42.1 Å². The highest BCUT2D eigenvalue weighted by molar-refractivity contribution is 5.97. The Morgan fingerprint density at radius 2 is 1.50 bits per heavy atom. The smallest absolute Gasteiger partial charge is 0.352 e. The molecule has 36 heavy (non-hydrogen) atoms. The van der Waals surface area contributed by atoms with E-state index in [1.807, 2.05) is 13.8 Å². The maximum absolute atomic E-state index is 13.2. The van der Waals surface area contributed by atoms with Gasteiger partial charge >= 0.3 is 6.18 Å². The molecule has 0 aliphatic carbocycles. The molecule has 2 aromatic carbocycles. The molecular formula is C26H29F4N3O3. The van der Waals surface area contributed by atoms with Crippen LogP contribution >= 0.6 is 0 Å². The number of hydrogen-bond donors (Lipinski definition) is 2. The molecule has 3 rings (SSSR count). The summed E-state index contributed by atoms with van der Waals surface area (Å²) in [6.07, 6.45) is -2.96. The second kappa shape index (κ2) is 11.5. The van der Waals surface area contributed by atoms with Crippen LogP contribution in [0.3, 0.4) is 0 Å². The zero-order valence-corrected chi connectivity index (χ0v) is 20.1. The van der Waals surface area contributed by atoms with E-state index in [4.69, 9.17) is 0 Å². The third-order valence-electron chi connectivity index (χ3n) is 6.43. The van der Waals surface area contributed by atoms with Crippen LogP contribution in [0.2, 0.25) is 0 Å². The van der Waals surface area contributed by atoms with Crippen LogP contribution in [0, 0.1) is 11.7 Å². The number of piperidine rings is 1. The Kier molecular flexibility index (Phi) is 8.70. The molecule has 0 aromatic heterocycles. The molecule has 1 aliphatic rings. The predicted molar refractivity (Wildman–Crippen MR) is 126 cm³/mol. The summed E-state index contributed by atoms with van der Waals surface area (Å²) in [5.74, 6) is -1.99. The number of alkyl halides is 3. The topological polar surface area (TPSA) is 78.5 Å². The summed E-state index contributed by atoms with van der Waals surface area (Å²) in [6.45, 7) is 4.33. The second-order valence-electron chi connectivity index (χ2n) is 8.98. The lowest BCUT2D eigenvalue weighted by Gasteiger charge is -2.36. The fraction of sp³-hybridized carbons (Fsp3) is 0.423. The van der Waals surface area contributed by atoms with Crippen molar-refractivity contribution in [2.24, 2.45) is 5.92 Å². The van der Waals surface area contributed by atoms with Crippen molar-refractivity contribution in [3.8, 4) is 0 Å². The van der Waals surface area contributed by atoms with Gasteiger partial charge in [-0.1, -0.05) is 6.92 Å². The van der Waals surface area contributed by atoms with Crippen molar-refractivity contribution in [3.63, 3.8) is 0 Å². The Morgan fingerprint density at radius 1 is 0.944 bits per heavy atom. The Balaban J connectivity index is 1.68. The SMILES string of the molecule is CC[C@H](C)NC(=O)[C@H](NC(=O)c1ccc(F)cc1)C1CCN(C(=O)c2ccc(C(F)(F)F)cc2)CC1. The standard InChI is InChI=1S/C26H29F4N3O3/c1-3-16(2)31-24(35)22(32-23(34)18-6-10-21(27)11-7-18)17-12-14-33(15-13-17)25(36)19-4-8-20(9-5-19)26(28,29)30/h4-11,16-17,22H,3,12-15H2,1-2H3,(H,31,35)(H,32,34)/t16-,22+/m0/s1. The van der Waals surface area contributed by atoms with E-state index >= 15 is 0 Å². The Labute approximate surface area is 207 Å². The maximum atomic E-state index is 13.2. The molecule has 1 fully saturated rings. The third-order valence-corrected chi connectivity index (χ3v) is 6.43. The van der Waals surface area contributed by atoms with Crippen LogP contribution < -0.4 is 10.6 Å². The number of benzene rings is 2. The Hall–Kier alpha value is -3.43. The average molecular weight is 508 g/mol. The summed E-state index contributed by atoms with van der Waals surface area (Å²) in [7, 11) is 0. The van der Waals surface area contributed by atoms with Gasteiger partial charge in [0.2, 0.25) is 5.91 Å². The molecule has 0 bridgehead atoms. The first-order chi connectivity index (χ1) is 17.0. The Morgan fingerprint density at radius 3 is 2.03 bits per heavy atom. The average Bonchev–Trinajstić information content (AvgIpc) is 2.86. The molecule has 194 valence electrons. The highest BCUT2D eigenvalue weighted by Crippen LogP contribution is 2.29. The number of carbonyl (C=O) groups excluding carboxylic acids is 3. The lowest BCUT2D eigenvalue weighted by Crippen LogP contribution is -2.55. The van der Waals surface area contributed by atoms with Crippen LogP contribution in [0.4, 0.5) is 17.6 Å². The van der Waals surface area contributed by atoms with Crippen molar-refractivity contribution in [2.45, 2.75) is 51.4 Å². The molecule has 3 amide bonds. The van der Waals surface area contributed by atoms with E-state index in [2.05, 4.69) is 10.6 Å². The lowest BCUT2D eigenvalue weighted by molar-refractivity contribution is -0.137. The van der Waals surface area contributed by atoms with Crippen LogP contribution in [0.25, 0.3) is 0 Å². The van der Waals surface area contributed by atoms with Crippen molar-refractivity contribution in [3.05, 3.63) is 71.0 Å². The number of likely N-dealkylation sites (tertiary alicyclic amines) is 1. The molecule has 10 heteroatoms. The van der Waals surface area contributed by atoms with Gasteiger partial charge in [-0.05, 0) is 80.6 Å². The van der Waals surface area contributed by atoms with Gasteiger partial charge in [-0.3, -0.25) is 14.4 Å². The van der Waals surface area contributed by atoms with E-state index in [9.17, 15) is 31.9 Å². The Bertz CT molecular complexity index is 1060. The molecule has 6 nitrogen and oxygen atoms in total. The van der Waals surface area contributed by atoms with Gasteiger partial charge in [0.15, 0.2) is 0 Å². The van der Waals surface area contributed by atoms with E-state index in [0.29, 0.717) is 19.3 Å². The molecular weight excluding hydrogens is 478 g/mol. The maximum Gasteiger partial charge on any atom is 0.416 e. The van der Waals surface area contributed by atoms with Crippen LogP contribution in [0.1, 0.15) is 59.4 Å². The minimum atomic E-state index is -4.48. The van der Waals surface area contributed by atoms with Crippen molar-refractivity contribution < 1.29 is 31.9 Å². The van der Waals surface area contributed by atoms with Gasteiger partial charge in [0, 0.05) is 30.3 Å². The lowest BCUT2D eigenvalue weighted by atomic mass is 9.88. The summed E-state index contributed by atoms with van der Waals surface area (Å²) in [5.41, 5.74) is -0.463. The van der Waals surface area contributed by atoms with Crippen molar-refractivity contribution in [2.75, 3.05) is 13.1 Å². The van der Waals surface area contributed by atoms with E-state index in [1.54, 1.807) is 0 Å². The molecule has 1 saturated heterocycles. The summed E-state index contributed by atoms with van der Waals surface area (Å²) in [4.78, 5) is 40.1. The fourth-order valence-corrected chi connectivity index (χ4v) is 4.08. The summed E-state index contributed by atoms with van der Waals surface area (Å²) in [5, 5.41) is 5.65. The van der Waals surface area contributed by atoms with Gasteiger partial charge in [0.1, 0.15) is 11.9 Å².